The van der Waals surface area contributed by atoms with Crippen LogP contribution in [-0.2, 0) is 47.8 Å². The molecule has 0 spiro atoms. The van der Waals surface area contributed by atoms with E-state index < -0.39 is 84.8 Å². The number of nitrogens with one attached hydrogen (secondary N) is 4. The Bertz CT molecular complexity index is 1930. The van der Waals surface area contributed by atoms with Crippen molar-refractivity contribution in [1.29, 1.82) is 0 Å². The highest BCUT2D eigenvalue weighted by Crippen LogP contribution is 2.44. The van der Waals surface area contributed by atoms with Crippen LogP contribution in [0.4, 0.5) is 4.79 Å². The average Bonchev–Trinajstić information content (AvgIpc) is 3.53. The number of carbonyl (C=O) groups is 8. The predicted molar refractivity (Wildman–Crippen MR) is 204 cm³/mol. The smallest absolute Gasteiger partial charge is 0.407 e. The Labute approximate surface area is 333 Å². The predicted octanol–water partition coefficient (Wildman–Crippen LogP) is 1.35. The molecule has 0 saturated carbocycles. The molecule has 3 atom stereocenters. The number of alkyl carbamates (subject to hydrolysis) is 1. The Kier molecular flexibility index (Phi) is 18.5. The largest absolute Gasteiger partial charge is 0.464 e. The number of ketones is 2. The van der Waals surface area contributed by atoms with Crippen molar-refractivity contribution in [1.82, 2.24) is 21.3 Å². The summed E-state index contributed by atoms with van der Waals surface area (Å²) in [6.07, 6.45) is -0.554. The lowest BCUT2D eigenvalue weighted by Crippen LogP contribution is -2.52. The van der Waals surface area contributed by atoms with Gasteiger partial charge in [-0.25, -0.2) is 14.4 Å². The molecule has 0 aliphatic heterocycles. The lowest BCUT2D eigenvalue weighted by molar-refractivity contribution is -0.147. The van der Waals surface area contributed by atoms with Crippen LogP contribution in [-0.4, -0.2) is 114 Å². The van der Waals surface area contributed by atoms with Crippen LogP contribution in [0.2, 0.25) is 0 Å². The minimum absolute atomic E-state index is 0.00388. The van der Waals surface area contributed by atoms with Gasteiger partial charge in [0.2, 0.25) is 29.3 Å². The first-order valence-corrected chi connectivity index (χ1v) is 18.2. The molecule has 0 radical (unpaired) electrons. The first-order valence-electron chi connectivity index (χ1n) is 18.2. The molecule has 2 aromatic carbocycles. The highest BCUT2D eigenvalue weighted by atomic mass is 16.6. The van der Waals surface area contributed by atoms with E-state index in [1.54, 1.807) is 0 Å². The second-order valence-electron chi connectivity index (χ2n) is 12.7. The van der Waals surface area contributed by atoms with Gasteiger partial charge in [0.15, 0.2) is 0 Å². The van der Waals surface area contributed by atoms with E-state index in [4.69, 9.17) is 25.3 Å². The van der Waals surface area contributed by atoms with E-state index in [0.29, 0.717) is 12.4 Å². The van der Waals surface area contributed by atoms with Crippen molar-refractivity contribution in [3.63, 3.8) is 0 Å². The molecule has 4 amide bonds. The average molecular weight is 801 g/mol. The number of benzene rings is 2. The van der Waals surface area contributed by atoms with E-state index in [2.05, 4.69) is 37.4 Å². The fraction of sp³-hybridized carbons (Fsp3) is 0.385. The number of carbonyl (C=O) groups excluding carboxylic acids is 8. The monoisotopic (exact) mass is 800 g/mol. The maximum Gasteiger partial charge on any atom is 0.407 e. The Morgan fingerprint density at radius 2 is 1.22 bits per heavy atom. The summed E-state index contributed by atoms with van der Waals surface area (Å²) in [6, 6.07) is 11.3. The fourth-order valence-electron chi connectivity index (χ4n) is 5.94. The van der Waals surface area contributed by atoms with Crippen LogP contribution in [0.3, 0.4) is 0 Å². The van der Waals surface area contributed by atoms with Crippen LogP contribution < -0.4 is 21.3 Å². The van der Waals surface area contributed by atoms with Crippen molar-refractivity contribution in [3.8, 4) is 11.1 Å². The first kappa shape index (κ1) is 45.3. The number of nitrogens with zero attached hydrogens (tertiary/aromatic N) is 4. The van der Waals surface area contributed by atoms with Gasteiger partial charge in [-0.15, -0.1) is 0 Å². The maximum absolute atomic E-state index is 13.4. The van der Waals surface area contributed by atoms with Gasteiger partial charge in [-0.3, -0.25) is 24.0 Å². The molecule has 0 bridgehead atoms. The van der Waals surface area contributed by atoms with Crippen molar-refractivity contribution >= 4 is 59.7 Å². The van der Waals surface area contributed by atoms with Gasteiger partial charge < -0.3 is 46.5 Å². The van der Waals surface area contributed by atoms with Crippen molar-refractivity contribution < 1.29 is 62.1 Å². The lowest BCUT2D eigenvalue weighted by atomic mass is 9.98. The van der Waals surface area contributed by atoms with Crippen LogP contribution in [0.25, 0.3) is 22.2 Å². The number of rotatable bonds is 24. The van der Waals surface area contributed by atoms with Crippen LogP contribution in [0, 0.1) is 0 Å². The number of hydrogen-bond acceptors (Lipinski definition) is 11. The minimum atomic E-state index is -1.47. The molecule has 0 unspecified atom stereocenters. The highest BCUT2D eigenvalue weighted by molar-refractivity contribution is 6.25. The summed E-state index contributed by atoms with van der Waals surface area (Å²) < 4.78 is 15.5. The van der Waals surface area contributed by atoms with Gasteiger partial charge >= 0.3 is 30.5 Å². The summed E-state index contributed by atoms with van der Waals surface area (Å²) in [5.41, 5.74) is 21.4. The molecule has 19 nitrogen and oxygen atoms in total. The Balaban J connectivity index is 1.61. The van der Waals surface area contributed by atoms with Crippen LogP contribution in [0.5, 0.6) is 0 Å². The van der Waals surface area contributed by atoms with Gasteiger partial charge in [-0.05, 0) is 48.4 Å². The summed E-state index contributed by atoms with van der Waals surface area (Å²) in [6.45, 7) is 4.11. The molecule has 2 aromatic rings. The molecule has 0 heterocycles. The summed E-state index contributed by atoms with van der Waals surface area (Å²) >= 11 is 0. The van der Waals surface area contributed by atoms with E-state index in [9.17, 15) is 38.4 Å². The second kappa shape index (κ2) is 23.7. The Morgan fingerprint density at radius 1 is 0.707 bits per heavy atom. The number of hydrogen-bond donors (Lipinski definition) is 4. The van der Waals surface area contributed by atoms with Gasteiger partial charge in [-0.1, -0.05) is 61.2 Å². The summed E-state index contributed by atoms with van der Waals surface area (Å²) in [4.78, 5) is 107. The summed E-state index contributed by atoms with van der Waals surface area (Å²) in [5.74, 6) is -5.99. The number of ether oxygens (including phenoxy) is 3. The molecule has 1 aliphatic rings. The minimum Gasteiger partial charge on any atom is -0.464 e. The standard InChI is InChI=1S/C39H44N8O11/c1-3-19-57-38(54)33(16-14-25(49)21-44-41)47-36(52)31(15-13-24(48)20-43-40)45-34(50)18-17-32(37(53)56-4-2)46-35(51)22-42-39(55)58-23-30-28-11-7-5-9-26(28)27-10-6-8-12-29(27)30/h3,5-12,20-21,30-33H,1,4,13-19,22-23H2,2H3,(H,42,55)(H,45,50)(H,46,51)(H,47,52)/t31-,32-,33-/m0/s1. The van der Waals surface area contributed by atoms with Crippen molar-refractivity contribution in [2.24, 2.45) is 0 Å². The first-order chi connectivity index (χ1) is 27.9. The zero-order valence-electron chi connectivity index (χ0n) is 31.7. The van der Waals surface area contributed by atoms with Crippen molar-refractivity contribution in [3.05, 3.63) is 83.4 Å². The van der Waals surface area contributed by atoms with Crippen LogP contribution >= 0.6 is 0 Å². The topological polar surface area (TPSA) is 285 Å². The molecule has 0 aromatic heterocycles. The Morgan fingerprint density at radius 3 is 1.79 bits per heavy atom. The SMILES string of the molecule is C=CCOC(=O)[C@H](CCC(=O)C=[N+]=[N-])NC(=O)[C@H](CCC(=O)C=[N+]=[N-])NC(=O)CC[C@H](NC(=O)CNC(=O)OCC1c2ccccc2-c2ccccc21)C(=O)OCC. The second-order valence-corrected chi connectivity index (χ2v) is 12.7. The fourth-order valence-corrected chi connectivity index (χ4v) is 5.94. The Hall–Kier alpha value is -7.10. The zero-order valence-corrected chi connectivity index (χ0v) is 31.7. The number of esters is 2. The molecule has 306 valence electrons. The van der Waals surface area contributed by atoms with Crippen molar-refractivity contribution in [2.75, 3.05) is 26.4 Å². The van der Waals surface area contributed by atoms with Gasteiger partial charge in [0.25, 0.3) is 0 Å². The summed E-state index contributed by atoms with van der Waals surface area (Å²) in [5, 5.41) is 9.56. The molecule has 4 N–H and O–H groups in total. The van der Waals surface area contributed by atoms with Crippen LogP contribution in [0.1, 0.15) is 62.5 Å². The van der Waals surface area contributed by atoms with E-state index >= 15 is 0 Å². The van der Waals surface area contributed by atoms with Gasteiger partial charge in [0, 0.05) is 25.2 Å². The molecule has 0 fully saturated rings. The van der Waals surface area contributed by atoms with Crippen molar-refractivity contribution in [2.45, 2.75) is 69.5 Å². The normalized spacial score (nSPS) is 12.6. The zero-order chi connectivity index (χ0) is 42.5. The third-order valence-corrected chi connectivity index (χ3v) is 8.66. The lowest BCUT2D eigenvalue weighted by Gasteiger charge is -2.22. The van der Waals surface area contributed by atoms with E-state index in [0.717, 1.165) is 22.3 Å². The number of amides is 4. The molecule has 1 aliphatic carbocycles. The number of Topliss-reactive ketones (excluding diaryl/α,β-unsaturated/α-hetero) is 2. The molecular formula is C39H44N8O11. The third kappa shape index (κ3) is 14.2. The third-order valence-electron chi connectivity index (χ3n) is 8.66. The molecule has 58 heavy (non-hydrogen) atoms. The van der Waals surface area contributed by atoms with E-state index in [1.165, 1.54) is 13.0 Å². The van der Waals surface area contributed by atoms with Gasteiger partial charge in [0.1, 0.15) is 37.9 Å². The van der Waals surface area contributed by atoms with Gasteiger partial charge in [-0.2, -0.15) is 9.58 Å². The van der Waals surface area contributed by atoms with E-state index in [-0.39, 0.29) is 51.4 Å². The maximum atomic E-state index is 13.4. The number of fused-ring (bicyclic) bond motifs is 3. The molecule has 19 heteroatoms. The van der Waals surface area contributed by atoms with Gasteiger partial charge in [0.05, 0.1) is 6.61 Å². The van der Waals surface area contributed by atoms with E-state index in [1.807, 2.05) is 48.5 Å². The highest BCUT2D eigenvalue weighted by Gasteiger charge is 2.31. The van der Waals surface area contributed by atoms with Crippen LogP contribution in [0.15, 0.2) is 61.2 Å². The molecule has 3 rings (SSSR count). The quantitative estimate of drug-likeness (QED) is 0.0294. The molecular weight excluding hydrogens is 756 g/mol. The summed E-state index contributed by atoms with van der Waals surface area (Å²) in [7, 11) is 0. The molecule has 0 saturated heterocycles.